The molecule has 0 spiro atoms. The molecular weight excluding hydrogens is 140 g/mol. The second-order valence-corrected chi connectivity index (χ2v) is 3.76. The SMILES string of the molecule is OCC12CCNC(CC1)CN2. The average Bonchev–Trinajstić information content (AvgIpc) is 2.37. The van der Waals surface area contributed by atoms with Gasteiger partial charge < -0.3 is 15.7 Å². The molecule has 0 amide bonds. The highest BCUT2D eigenvalue weighted by atomic mass is 16.3. The van der Waals surface area contributed by atoms with Crippen LogP contribution < -0.4 is 10.6 Å². The summed E-state index contributed by atoms with van der Waals surface area (Å²) < 4.78 is 0. The second kappa shape index (κ2) is 2.73. The molecule has 3 N–H and O–H groups in total. The summed E-state index contributed by atoms with van der Waals surface area (Å²) in [5.41, 5.74) is 0.0556. The van der Waals surface area contributed by atoms with Crippen LogP contribution in [0.25, 0.3) is 0 Å². The minimum Gasteiger partial charge on any atom is -0.394 e. The molecule has 3 rings (SSSR count). The van der Waals surface area contributed by atoms with Gasteiger partial charge in [0, 0.05) is 18.1 Å². The van der Waals surface area contributed by atoms with Gasteiger partial charge in [0.15, 0.2) is 0 Å². The van der Waals surface area contributed by atoms with Gasteiger partial charge in [-0.15, -0.1) is 0 Å². The highest BCUT2D eigenvalue weighted by Gasteiger charge is 2.36. The van der Waals surface area contributed by atoms with Gasteiger partial charge in [-0.2, -0.15) is 0 Å². The van der Waals surface area contributed by atoms with Crippen LogP contribution in [0.4, 0.5) is 0 Å². The van der Waals surface area contributed by atoms with E-state index in [4.69, 9.17) is 0 Å². The fourth-order valence-electron chi connectivity index (χ4n) is 2.10. The minimum atomic E-state index is 0.0556. The van der Waals surface area contributed by atoms with Crippen molar-refractivity contribution in [3.8, 4) is 0 Å². The number of fused-ring (bicyclic) bond motifs is 4. The second-order valence-electron chi connectivity index (χ2n) is 3.76. The van der Waals surface area contributed by atoms with Crippen molar-refractivity contribution in [1.82, 2.24) is 10.6 Å². The van der Waals surface area contributed by atoms with E-state index in [-0.39, 0.29) is 5.54 Å². The lowest BCUT2D eigenvalue weighted by atomic mass is 9.87. The number of hydrogen-bond acceptors (Lipinski definition) is 3. The van der Waals surface area contributed by atoms with Gasteiger partial charge in [-0.05, 0) is 25.8 Å². The highest BCUT2D eigenvalue weighted by Crippen LogP contribution is 2.25. The van der Waals surface area contributed by atoms with E-state index in [1.54, 1.807) is 0 Å². The summed E-state index contributed by atoms with van der Waals surface area (Å²) in [4.78, 5) is 0. The van der Waals surface area contributed by atoms with Crippen molar-refractivity contribution in [2.75, 3.05) is 19.7 Å². The quantitative estimate of drug-likeness (QED) is 0.478. The van der Waals surface area contributed by atoms with E-state index in [1.165, 1.54) is 6.42 Å². The number of aliphatic hydroxyl groups is 1. The molecule has 2 atom stereocenters. The molecule has 3 nitrogen and oxygen atoms in total. The molecule has 3 aliphatic rings. The van der Waals surface area contributed by atoms with Crippen molar-refractivity contribution in [2.24, 2.45) is 0 Å². The molecule has 2 bridgehead atoms. The number of rotatable bonds is 1. The zero-order chi connectivity index (χ0) is 7.73. The van der Waals surface area contributed by atoms with Crippen molar-refractivity contribution in [3.63, 3.8) is 0 Å². The van der Waals surface area contributed by atoms with Gasteiger partial charge in [-0.3, -0.25) is 0 Å². The van der Waals surface area contributed by atoms with Crippen molar-refractivity contribution < 1.29 is 5.11 Å². The Morgan fingerprint density at radius 2 is 2.36 bits per heavy atom. The number of aliphatic hydroxyl groups excluding tert-OH is 1. The van der Waals surface area contributed by atoms with Crippen LogP contribution in [0.2, 0.25) is 0 Å². The molecule has 2 unspecified atom stereocenters. The smallest absolute Gasteiger partial charge is 0.0613 e. The Kier molecular flexibility index (Phi) is 1.87. The molecule has 3 aliphatic heterocycles. The standard InChI is InChI=1S/C8H16N2O/c11-6-8-2-1-7(5-10-8)9-4-3-8/h7,9-11H,1-6H2. The first kappa shape index (κ1) is 7.53. The zero-order valence-electron chi connectivity index (χ0n) is 6.77. The first-order valence-corrected chi connectivity index (χ1v) is 4.44. The van der Waals surface area contributed by atoms with Crippen molar-refractivity contribution in [1.29, 1.82) is 0 Å². The zero-order valence-corrected chi connectivity index (χ0v) is 6.77. The van der Waals surface area contributed by atoms with E-state index in [9.17, 15) is 5.11 Å². The van der Waals surface area contributed by atoms with Crippen LogP contribution in [0.1, 0.15) is 19.3 Å². The summed E-state index contributed by atoms with van der Waals surface area (Å²) in [5, 5.41) is 16.1. The maximum Gasteiger partial charge on any atom is 0.0613 e. The summed E-state index contributed by atoms with van der Waals surface area (Å²) in [6.45, 7) is 2.38. The molecule has 3 heteroatoms. The first-order valence-electron chi connectivity index (χ1n) is 4.44. The van der Waals surface area contributed by atoms with Gasteiger partial charge in [0.1, 0.15) is 0 Å². The van der Waals surface area contributed by atoms with Gasteiger partial charge in [-0.25, -0.2) is 0 Å². The highest BCUT2D eigenvalue weighted by molar-refractivity contribution is 4.98. The molecule has 3 saturated heterocycles. The normalized spacial score (nSPS) is 43.9. The molecular formula is C8H16N2O. The molecule has 11 heavy (non-hydrogen) atoms. The van der Waals surface area contributed by atoms with E-state index in [1.807, 2.05) is 0 Å². The van der Waals surface area contributed by atoms with E-state index in [2.05, 4.69) is 10.6 Å². The number of nitrogens with one attached hydrogen (secondary N) is 2. The number of hydrogen-bond donors (Lipinski definition) is 3. The van der Waals surface area contributed by atoms with E-state index < -0.39 is 0 Å². The summed E-state index contributed by atoms with van der Waals surface area (Å²) in [6.07, 6.45) is 3.41. The molecule has 3 heterocycles. The molecule has 0 saturated carbocycles. The molecule has 0 aromatic rings. The third kappa shape index (κ3) is 1.28. The van der Waals surface area contributed by atoms with Gasteiger partial charge in [0.25, 0.3) is 0 Å². The van der Waals surface area contributed by atoms with Gasteiger partial charge in [0.2, 0.25) is 0 Å². The topological polar surface area (TPSA) is 44.3 Å². The Labute approximate surface area is 67.2 Å². The van der Waals surface area contributed by atoms with Crippen molar-refractivity contribution in [2.45, 2.75) is 30.8 Å². The van der Waals surface area contributed by atoms with Crippen LogP contribution in [-0.2, 0) is 0 Å². The fraction of sp³-hybridized carbons (Fsp3) is 1.00. The number of piperidine rings is 1. The van der Waals surface area contributed by atoms with Crippen LogP contribution in [0.15, 0.2) is 0 Å². The fourth-order valence-corrected chi connectivity index (χ4v) is 2.10. The minimum absolute atomic E-state index is 0.0556. The summed E-state index contributed by atoms with van der Waals surface area (Å²) >= 11 is 0. The van der Waals surface area contributed by atoms with E-state index >= 15 is 0 Å². The van der Waals surface area contributed by atoms with Crippen LogP contribution in [-0.4, -0.2) is 36.4 Å². The molecule has 0 radical (unpaired) electrons. The lowest BCUT2D eigenvalue weighted by Gasteiger charge is -2.36. The summed E-state index contributed by atoms with van der Waals surface area (Å²) in [6, 6.07) is 0.650. The average molecular weight is 156 g/mol. The largest absolute Gasteiger partial charge is 0.394 e. The Morgan fingerprint density at radius 3 is 3.00 bits per heavy atom. The third-order valence-electron chi connectivity index (χ3n) is 3.03. The predicted octanol–water partition coefficient (Wildman–Crippen LogP) is -0.537. The van der Waals surface area contributed by atoms with Crippen molar-refractivity contribution in [3.05, 3.63) is 0 Å². The van der Waals surface area contributed by atoms with Gasteiger partial charge in [-0.1, -0.05) is 0 Å². The third-order valence-corrected chi connectivity index (χ3v) is 3.03. The Hall–Kier alpha value is -0.120. The van der Waals surface area contributed by atoms with Crippen LogP contribution in [0.5, 0.6) is 0 Å². The maximum atomic E-state index is 9.20. The molecule has 3 fully saturated rings. The molecule has 64 valence electrons. The monoisotopic (exact) mass is 156 g/mol. The molecule has 0 aliphatic carbocycles. The Balaban J connectivity index is 2.10. The lowest BCUT2D eigenvalue weighted by Crippen LogP contribution is -2.54. The Morgan fingerprint density at radius 1 is 1.45 bits per heavy atom. The van der Waals surface area contributed by atoms with Gasteiger partial charge >= 0.3 is 0 Å². The maximum absolute atomic E-state index is 9.20. The predicted molar refractivity (Wildman–Crippen MR) is 43.5 cm³/mol. The van der Waals surface area contributed by atoms with Crippen LogP contribution in [0.3, 0.4) is 0 Å². The summed E-state index contributed by atoms with van der Waals surface area (Å²) in [5.74, 6) is 0. The van der Waals surface area contributed by atoms with Crippen LogP contribution >= 0.6 is 0 Å². The first-order chi connectivity index (χ1) is 5.35. The van der Waals surface area contributed by atoms with Crippen LogP contribution in [0, 0.1) is 0 Å². The van der Waals surface area contributed by atoms with Gasteiger partial charge in [0.05, 0.1) is 6.61 Å². The Bertz CT molecular complexity index is 136. The molecule has 0 aromatic carbocycles. The van der Waals surface area contributed by atoms with E-state index in [0.29, 0.717) is 12.6 Å². The van der Waals surface area contributed by atoms with E-state index in [0.717, 1.165) is 25.9 Å². The summed E-state index contributed by atoms with van der Waals surface area (Å²) in [7, 11) is 0. The van der Waals surface area contributed by atoms with Crippen molar-refractivity contribution >= 4 is 0 Å². The molecule has 0 aromatic heterocycles. The lowest BCUT2D eigenvalue weighted by molar-refractivity contribution is 0.133.